The van der Waals surface area contributed by atoms with Crippen molar-refractivity contribution in [3.63, 3.8) is 0 Å². The van der Waals surface area contributed by atoms with Crippen LogP contribution in [0, 0.1) is 0 Å². The van der Waals surface area contributed by atoms with E-state index in [1.165, 1.54) is 0 Å². The molecule has 5 nitrogen and oxygen atoms in total. The fourth-order valence-electron chi connectivity index (χ4n) is 0.898. The lowest BCUT2D eigenvalue weighted by atomic mass is 10.4. The predicted molar refractivity (Wildman–Crippen MR) is 41.9 cm³/mol. The van der Waals surface area contributed by atoms with E-state index in [0.717, 1.165) is 13.1 Å². The first-order valence-electron chi connectivity index (χ1n) is 3.53. The highest BCUT2D eigenvalue weighted by Gasteiger charge is 2.08. The van der Waals surface area contributed by atoms with E-state index in [4.69, 9.17) is 5.84 Å². The summed E-state index contributed by atoms with van der Waals surface area (Å²) in [5.74, 6) is 4.78. The van der Waals surface area contributed by atoms with E-state index >= 15 is 0 Å². The van der Waals surface area contributed by atoms with Crippen molar-refractivity contribution >= 4 is 12.1 Å². The number of rotatable bonds is 3. The van der Waals surface area contributed by atoms with Crippen molar-refractivity contribution in [1.82, 2.24) is 10.3 Å². The van der Waals surface area contributed by atoms with Crippen molar-refractivity contribution in [3.05, 3.63) is 0 Å². The summed E-state index contributed by atoms with van der Waals surface area (Å²) in [6.45, 7) is 2.28. The molecule has 3 N–H and O–H groups in total. The second-order valence-corrected chi connectivity index (χ2v) is 2.40. The summed E-state index contributed by atoms with van der Waals surface area (Å²) in [5.41, 5.74) is 2.08. The molecule has 62 valence electrons. The molecule has 0 radical (unpaired) electrons. The highest BCUT2D eigenvalue weighted by molar-refractivity contribution is 5.75. The lowest BCUT2D eigenvalue weighted by Crippen LogP contribution is -2.33. The van der Waals surface area contributed by atoms with E-state index in [1.807, 2.05) is 6.21 Å². The molecule has 5 heteroatoms. The molecular weight excluding hydrogens is 144 g/mol. The molecule has 0 unspecified atom stereocenters. The number of carbonyl (C=O) groups excluding carboxylic acids is 1. The second kappa shape index (κ2) is 4.05. The molecule has 11 heavy (non-hydrogen) atoms. The van der Waals surface area contributed by atoms with E-state index in [2.05, 4.69) is 15.3 Å². The maximum absolute atomic E-state index is 10.7. The van der Waals surface area contributed by atoms with Crippen LogP contribution in [0.1, 0.15) is 6.42 Å². The van der Waals surface area contributed by atoms with Gasteiger partial charge in [-0.1, -0.05) is 0 Å². The number of hydrazine groups is 1. The van der Waals surface area contributed by atoms with Crippen molar-refractivity contribution in [3.8, 4) is 0 Å². The number of hydrogen-bond acceptors (Lipinski definition) is 4. The molecule has 0 aromatic heterocycles. The topological polar surface area (TPSA) is 70.7 Å². The minimum atomic E-state index is -0.128. The number of hydrogen-bond donors (Lipinski definition) is 2. The van der Waals surface area contributed by atoms with Gasteiger partial charge in [0, 0.05) is 25.7 Å². The molecule has 0 saturated heterocycles. The monoisotopic (exact) mass is 156 g/mol. The zero-order chi connectivity index (χ0) is 8.10. The first-order valence-corrected chi connectivity index (χ1v) is 3.53. The highest BCUT2D eigenvalue weighted by Crippen LogP contribution is 1.95. The van der Waals surface area contributed by atoms with Crippen LogP contribution in [0.15, 0.2) is 4.99 Å². The van der Waals surface area contributed by atoms with Gasteiger partial charge in [0.15, 0.2) is 0 Å². The third kappa shape index (κ3) is 2.65. The fourth-order valence-corrected chi connectivity index (χ4v) is 0.898. The van der Waals surface area contributed by atoms with E-state index in [1.54, 1.807) is 0 Å². The third-order valence-electron chi connectivity index (χ3n) is 1.57. The van der Waals surface area contributed by atoms with Crippen molar-refractivity contribution in [2.75, 3.05) is 19.8 Å². The van der Waals surface area contributed by atoms with Gasteiger partial charge in [0.2, 0.25) is 5.91 Å². The van der Waals surface area contributed by atoms with Crippen LogP contribution in [0.5, 0.6) is 0 Å². The molecule has 0 bridgehead atoms. The molecule has 0 aromatic rings. The van der Waals surface area contributed by atoms with Crippen LogP contribution in [-0.2, 0) is 4.79 Å². The summed E-state index contributed by atoms with van der Waals surface area (Å²) in [7, 11) is 0. The van der Waals surface area contributed by atoms with Crippen LogP contribution >= 0.6 is 0 Å². The Kier molecular flexibility index (Phi) is 3.00. The summed E-state index contributed by atoms with van der Waals surface area (Å²) < 4.78 is 0. The van der Waals surface area contributed by atoms with Gasteiger partial charge in [-0.2, -0.15) is 0 Å². The molecule has 1 rings (SSSR count). The molecule has 0 aliphatic carbocycles. The van der Waals surface area contributed by atoms with Crippen LogP contribution in [-0.4, -0.2) is 36.8 Å². The molecule has 0 spiro atoms. The molecule has 0 aromatic carbocycles. The SMILES string of the molecule is NNC(=O)CCN1CC=NC1. The average Bonchev–Trinajstić information content (AvgIpc) is 2.52. The van der Waals surface area contributed by atoms with Crippen LogP contribution in [0.3, 0.4) is 0 Å². The number of carbonyl (C=O) groups is 1. The Labute approximate surface area is 65.2 Å². The lowest BCUT2D eigenvalue weighted by molar-refractivity contribution is -0.121. The van der Waals surface area contributed by atoms with Gasteiger partial charge in [0.25, 0.3) is 0 Å². The number of amides is 1. The maximum atomic E-state index is 10.7. The van der Waals surface area contributed by atoms with Crippen LogP contribution in [0.4, 0.5) is 0 Å². The van der Waals surface area contributed by atoms with Gasteiger partial charge < -0.3 is 0 Å². The Hall–Kier alpha value is -0.940. The molecule has 1 amide bonds. The van der Waals surface area contributed by atoms with E-state index in [-0.39, 0.29) is 5.91 Å². The summed E-state index contributed by atoms with van der Waals surface area (Å²) >= 11 is 0. The molecule has 1 aliphatic rings. The number of nitrogens with one attached hydrogen (secondary N) is 1. The molecule has 0 atom stereocenters. The Morgan fingerprint density at radius 3 is 3.18 bits per heavy atom. The van der Waals surface area contributed by atoms with E-state index in [0.29, 0.717) is 13.1 Å². The molecule has 1 aliphatic heterocycles. The lowest BCUT2D eigenvalue weighted by Gasteiger charge is -2.11. The van der Waals surface area contributed by atoms with Gasteiger partial charge in [-0.05, 0) is 0 Å². The summed E-state index contributed by atoms with van der Waals surface area (Å²) in [6, 6.07) is 0. The normalized spacial score (nSPS) is 17.2. The van der Waals surface area contributed by atoms with Gasteiger partial charge in [-0.3, -0.25) is 20.1 Å². The first-order chi connectivity index (χ1) is 5.33. The van der Waals surface area contributed by atoms with Crippen molar-refractivity contribution < 1.29 is 4.79 Å². The first kappa shape index (κ1) is 8.16. The fraction of sp³-hybridized carbons (Fsp3) is 0.667. The summed E-state index contributed by atoms with van der Waals surface area (Å²) in [6.07, 6.45) is 2.29. The Balaban J connectivity index is 2.07. The van der Waals surface area contributed by atoms with Gasteiger partial charge in [0.1, 0.15) is 0 Å². The van der Waals surface area contributed by atoms with Crippen molar-refractivity contribution in [2.24, 2.45) is 10.8 Å². The Morgan fingerprint density at radius 1 is 1.82 bits per heavy atom. The number of nitrogens with zero attached hydrogens (tertiary/aromatic N) is 2. The van der Waals surface area contributed by atoms with Crippen molar-refractivity contribution in [2.45, 2.75) is 6.42 Å². The number of aliphatic imine (C=N–C) groups is 1. The largest absolute Gasteiger partial charge is 0.294 e. The average molecular weight is 156 g/mol. The van der Waals surface area contributed by atoms with Crippen LogP contribution in [0.25, 0.3) is 0 Å². The van der Waals surface area contributed by atoms with E-state index in [9.17, 15) is 4.79 Å². The standard InChI is InChI=1S/C6H12N4O/c7-9-6(11)1-3-10-4-2-8-5-10/h2H,1,3-5,7H2,(H,9,11). The summed E-state index contributed by atoms with van der Waals surface area (Å²) in [5, 5.41) is 0. The summed E-state index contributed by atoms with van der Waals surface area (Å²) in [4.78, 5) is 16.7. The quantitative estimate of drug-likeness (QED) is 0.303. The third-order valence-corrected chi connectivity index (χ3v) is 1.57. The van der Waals surface area contributed by atoms with Crippen LogP contribution < -0.4 is 11.3 Å². The minimum absolute atomic E-state index is 0.128. The van der Waals surface area contributed by atoms with Gasteiger partial charge in [-0.25, -0.2) is 5.84 Å². The van der Waals surface area contributed by atoms with Crippen LogP contribution in [0.2, 0.25) is 0 Å². The van der Waals surface area contributed by atoms with E-state index < -0.39 is 0 Å². The highest BCUT2D eigenvalue weighted by atomic mass is 16.2. The van der Waals surface area contributed by atoms with Crippen molar-refractivity contribution in [1.29, 1.82) is 0 Å². The molecule has 0 fully saturated rings. The Morgan fingerprint density at radius 2 is 2.64 bits per heavy atom. The zero-order valence-electron chi connectivity index (χ0n) is 6.29. The Bertz CT molecular complexity index is 160. The van der Waals surface area contributed by atoms with Gasteiger partial charge in [0.05, 0.1) is 6.67 Å². The molecular formula is C6H12N4O. The minimum Gasteiger partial charge on any atom is -0.294 e. The molecule has 1 heterocycles. The smallest absolute Gasteiger partial charge is 0.235 e. The van der Waals surface area contributed by atoms with Gasteiger partial charge >= 0.3 is 0 Å². The predicted octanol–water partition coefficient (Wildman–Crippen LogP) is -1.29. The zero-order valence-corrected chi connectivity index (χ0v) is 6.29. The maximum Gasteiger partial charge on any atom is 0.235 e. The second-order valence-electron chi connectivity index (χ2n) is 2.40. The van der Waals surface area contributed by atoms with Gasteiger partial charge in [-0.15, -0.1) is 0 Å². The molecule has 0 saturated carbocycles. The number of nitrogens with two attached hydrogens (primary N) is 1.